The summed E-state index contributed by atoms with van der Waals surface area (Å²) in [7, 11) is 0. The van der Waals surface area contributed by atoms with Gasteiger partial charge in [0.2, 0.25) is 0 Å². The lowest BCUT2D eigenvalue weighted by molar-refractivity contribution is -0.143. The molecule has 2 N–H and O–H groups in total. The van der Waals surface area contributed by atoms with E-state index in [0.29, 0.717) is 5.11 Å². The van der Waals surface area contributed by atoms with Crippen molar-refractivity contribution in [1.29, 1.82) is 0 Å². The molecule has 2 aromatic heterocycles. The summed E-state index contributed by atoms with van der Waals surface area (Å²) >= 11 is 5.58. The van der Waals surface area contributed by atoms with Crippen molar-refractivity contribution in [2.45, 2.75) is 19.0 Å². The molecule has 9 heteroatoms. The lowest BCUT2D eigenvalue weighted by Gasteiger charge is -2.28. The number of pyridine rings is 1. The summed E-state index contributed by atoms with van der Waals surface area (Å²) in [5.74, 6) is -1.35. The minimum absolute atomic E-state index is 0.00317. The van der Waals surface area contributed by atoms with Gasteiger partial charge in [-0.25, -0.2) is 4.79 Å². The van der Waals surface area contributed by atoms with Gasteiger partial charge in [-0.15, -0.1) is 0 Å². The normalized spacial score (nSPS) is 17.8. The van der Waals surface area contributed by atoms with E-state index in [1.165, 1.54) is 0 Å². The standard InChI is InChI=1S/C23H22N4O4S/c1-2-31-19(28)14-27-21(20(25-23(27)32)17-6-3-4-12-24-17)18-7-5-13-26(18)16-10-8-15(9-11-16)22(29)30/h3-13,20-21H,2,14H2,1H3,(H,25,32)(H,29,30)/t20-,21+/m1/s1. The van der Waals surface area contributed by atoms with Crippen LogP contribution in [-0.4, -0.2) is 49.8 Å². The number of hydrogen-bond acceptors (Lipinski definition) is 5. The zero-order chi connectivity index (χ0) is 22.7. The number of aromatic nitrogens is 2. The van der Waals surface area contributed by atoms with Gasteiger partial charge in [-0.05, 0) is 67.7 Å². The number of esters is 1. The second kappa shape index (κ2) is 9.19. The Bertz CT molecular complexity index is 1130. The number of carboxylic acid groups (broad SMARTS) is 1. The third-order valence-electron chi connectivity index (χ3n) is 5.28. The third-order valence-corrected chi connectivity index (χ3v) is 5.63. The fraction of sp³-hybridized carbons (Fsp3) is 0.217. The molecule has 1 aliphatic heterocycles. The van der Waals surface area contributed by atoms with Crippen molar-refractivity contribution in [3.63, 3.8) is 0 Å². The molecule has 0 radical (unpaired) electrons. The van der Waals surface area contributed by atoms with Gasteiger partial charge in [0.1, 0.15) is 6.54 Å². The van der Waals surface area contributed by atoms with Gasteiger partial charge >= 0.3 is 11.9 Å². The molecule has 0 bridgehead atoms. The minimum atomic E-state index is -0.981. The lowest BCUT2D eigenvalue weighted by Crippen LogP contribution is -2.36. The summed E-state index contributed by atoms with van der Waals surface area (Å²) in [5.41, 5.74) is 2.67. The number of carboxylic acids is 1. The molecule has 1 saturated heterocycles. The SMILES string of the molecule is CCOC(=O)CN1C(=S)N[C@H](c2ccccn2)[C@@H]1c1cccn1-c1ccc(C(=O)O)cc1. The van der Waals surface area contributed by atoms with Crippen molar-refractivity contribution in [1.82, 2.24) is 19.8 Å². The number of nitrogens with zero attached hydrogens (tertiary/aromatic N) is 3. The maximum atomic E-state index is 12.3. The van der Waals surface area contributed by atoms with Crippen molar-refractivity contribution in [2.24, 2.45) is 0 Å². The summed E-state index contributed by atoms with van der Waals surface area (Å²) in [4.78, 5) is 29.9. The molecule has 0 aliphatic carbocycles. The number of thiocarbonyl (C=S) groups is 1. The Hall–Kier alpha value is -3.72. The van der Waals surface area contributed by atoms with Gasteiger partial charge in [0.15, 0.2) is 5.11 Å². The van der Waals surface area contributed by atoms with Crippen LogP contribution in [0.3, 0.4) is 0 Å². The van der Waals surface area contributed by atoms with E-state index in [4.69, 9.17) is 17.0 Å². The summed E-state index contributed by atoms with van der Waals surface area (Å²) in [6, 6.07) is 15.5. The van der Waals surface area contributed by atoms with Crippen LogP contribution >= 0.6 is 12.2 Å². The quantitative estimate of drug-likeness (QED) is 0.419. The third kappa shape index (κ3) is 4.19. The highest BCUT2D eigenvalue weighted by Gasteiger charge is 2.42. The fourth-order valence-corrected chi connectivity index (χ4v) is 4.18. The molecule has 164 valence electrons. The van der Waals surface area contributed by atoms with Crippen molar-refractivity contribution >= 4 is 29.3 Å². The van der Waals surface area contributed by atoms with E-state index in [1.54, 1.807) is 37.4 Å². The Morgan fingerprint density at radius 2 is 1.94 bits per heavy atom. The molecule has 32 heavy (non-hydrogen) atoms. The number of nitrogens with one attached hydrogen (secondary N) is 1. The Kier molecular flexibility index (Phi) is 6.18. The molecule has 1 fully saturated rings. The van der Waals surface area contributed by atoms with Crippen LogP contribution in [0, 0.1) is 0 Å². The zero-order valence-electron chi connectivity index (χ0n) is 17.3. The Labute approximate surface area is 190 Å². The predicted octanol–water partition coefficient (Wildman–Crippen LogP) is 3.11. The highest BCUT2D eigenvalue weighted by Crippen LogP contribution is 2.39. The minimum Gasteiger partial charge on any atom is -0.478 e. The second-order valence-electron chi connectivity index (χ2n) is 7.21. The van der Waals surface area contributed by atoms with Crippen molar-refractivity contribution in [3.05, 3.63) is 83.9 Å². The first kappa shape index (κ1) is 21.5. The van der Waals surface area contributed by atoms with Crippen LogP contribution in [0.1, 0.15) is 40.8 Å². The molecule has 0 unspecified atom stereocenters. The molecular weight excluding hydrogens is 428 g/mol. The molecular formula is C23H22N4O4S. The summed E-state index contributed by atoms with van der Waals surface area (Å²) < 4.78 is 7.12. The van der Waals surface area contributed by atoms with Crippen LogP contribution in [0.5, 0.6) is 0 Å². The van der Waals surface area contributed by atoms with Crippen LogP contribution in [0.2, 0.25) is 0 Å². The first-order valence-electron chi connectivity index (χ1n) is 10.1. The molecule has 1 aromatic carbocycles. The molecule has 0 saturated carbocycles. The number of carbonyl (C=O) groups is 2. The summed E-state index contributed by atoms with van der Waals surface area (Å²) in [5, 5.41) is 12.9. The highest BCUT2D eigenvalue weighted by molar-refractivity contribution is 7.80. The number of rotatable bonds is 7. The molecule has 8 nitrogen and oxygen atoms in total. The monoisotopic (exact) mass is 450 g/mol. The largest absolute Gasteiger partial charge is 0.478 e. The number of aromatic carboxylic acids is 1. The van der Waals surface area contributed by atoms with Gasteiger partial charge < -0.3 is 24.6 Å². The zero-order valence-corrected chi connectivity index (χ0v) is 18.2. The van der Waals surface area contributed by atoms with Crippen LogP contribution in [0.15, 0.2) is 67.0 Å². The molecule has 1 aliphatic rings. The molecule has 0 amide bonds. The maximum Gasteiger partial charge on any atom is 0.335 e. The second-order valence-corrected chi connectivity index (χ2v) is 7.60. The van der Waals surface area contributed by atoms with Crippen molar-refractivity contribution in [3.8, 4) is 5.69 Å². The fourth-order valence-electron chi connectivity index (χ4n) is 3.88. The van der Waals surface area contributed by atoms with Crippen molar-refractivity contribution < 1.29 is 19.4 Å². The summed E-state index contributed by atoms with van der Waals surface area (Å²) in [6.07, 6.45) is 3.61. The number of hydrogen-bond donors (Lipinski definition) is 2. The maximum absolute atomic E-state index is 12.3. The summed E-state index contributed by atoms with van der Waals surface area (Å²) in [6.45, 7) is 2.04. The first-order chi connectivity index (χ1) is 15.5. The van der Waals surface area contributed by atoms with E-state index in [0.717, 1.165) is 17.1 Å². The van der Waals surface area contributed by atoms with Gasteiger partial charge in [-0.2, -0.15) is 0 Å². The van der Waals surface area contributed by atoms with E-state index in [1.807, 2.05) is 46.0 Å². The van der Waals surface area contributed by atoms with E-state index in [-0.39, 0.29) is 36.8 Å². The van der Waals surface area contributed by atoms with E-state index in [9.17, 15) is 14.7 Å². The predicted molar refractivity (Wildman–Crippen MR) is 122 cm³/mol. The molecule has 0 spiro atoms. The number of carbonyl (C=O) groups excluding carboxylic acids is 1. The Balaban J connectivity index is 1.76. The molecule has 3 heterocycles. The number of ether oxygens (including phenoxy) is 1. The van der Waals surface area contributed by atoms with Crippen LogP contribution < -0.4 is 5.32 Å². The highest BCUT2D eigenvalue weighted by atomic mass is 32.1. The van der Waals surface area contributed by atoms with Gasteiger partial charge in [-0.3, -0.25) is 9.78 Å². The molecule has 4 rings (SSSR count). The van der Waals surface area contributed by atoms with Crippen LogP contribution in [0.4, 0.5) is 0 Å². The van der Waals surface area contributed by atoms with Crippen LogP contribution in [-0.2, 0) is 9.53 Å². The molecule has 2 atom stereocenters. The average Bonchev–Trinajstić information content (AvgIpc) is 3.39. The smallest absolute Gasteiger partial charge is 0.335 e. The lowest BCUT2D eigenvalue weighted by atomic mass is 10.0. The van der Waals surface area contributed by atoms with Crippen molar-refractivity contribution in [2.75, 3.05) is 13.2 Å². The van der Waals surface area contributed by atoms with Gasteiger partial charge in [0.05, 0.1) is 29.9 Å². The van der Waals surface area contributed by atoms with Crippen LogP contribution in [0.25, 0.3) is 5.69 Å². The van der Waals surface area contributed by atoms with E-state index >= 15 is 0 Å². The molecule has 3 aromatic rings. The Morgan fingerprint density at radius 3 is 2.59 bits per heavy atom. The van der Waals surface area contributed by atoms with Gasteiger partial charge in [-0.1, -0.05) is 6.07 Å². The average molecular weight is 451 g/mol. The Morgan fingerprint density at radius 1 is 1.16 bits per heavy atom. The van der Waals surface area contributed by atoms with E-state index < -0.39 is 5.97 Å². The van der Waals surface area contributed by atoms with Gasteiger partial charge in [0, 0.05) is 23.8 Å². The van der Waals surface area contributed by atoms with E-state index in [2.05, 4.69) is 10.3 Å². The topological polar surface area (TPSA) is 96.7 Å². The number of benzene rings is 1. The first-order valence-corrected chi connectivity index (χ1v) is 10.5. The van der Waals surface area contributed by atoms with Gasteiger partial charge in [0.25, 0.3) is 0 Å².